The third kappa shape index (κ3) is 2.83. The highest BCUT2D eigenvalue weighted by atomic mass is 16.5. The van der Waals surface area contributed by atoms with Gasteiger partial charge in [0.1, 0.15) is 11.5 Å². The van der Waals surface area contributed by atoms with Gasteiger partial charge in [0.2, 0.25) is 0 Å². The first-order valence-electron chi connectivity index (χ1n) is 8.14. The first-order chi connectivity index (χ1) is 12.7. The molecule has 0 spiro atoms. The molecule has 0 bridgehead atoms. The lowest BCUT2D eigenvalue weighted by Gasteiger charge is -2.06. The Hall–Kier alpha value is -3.48. The molecule has 0 radical (unpaired) electrons. The Labute approximate surface area is 149 Å². The molecule has 2 heterocycles. The van der Waals surface area contributed by atoms with E-state index in [2.05, 4.69) is 20.3 Å². The van der Waals surface area contributed by atoms with Gasteiger partial charge in [0, 0.05) is 17.0 Å². The molecule has 2 aromatic carbocycles. The minimum atomic E-state index is -0.209. The number of aromatic nitrogens is 3. The van der Waals surface area contributed by atoms with Crippen molar-refractivity contribution in [2.75, 3.05) is 14.2 Å². The summed E-state index contributed by atoms with van der Waals surface area (Å²) in [6, 6.07) is 13.2. The molecule has 4 rings (SSSR count). The molecule has 0 saturated carbocycles. The molecule has 0 aliphatic rings. The molecule has 4 aromatic rings. The van der Waals surface area contributed by atoms with Crippen LogP contribution in [0.15, 0.2) is 42.5 Å². The fraction of sp³-hybridized carbons (Fsp3) is 0.158. The maximum atomic E-state index is 12.5. The highest BCUT2D eigenvalue weighted by Gasteiger charge is 2.13. The van der Waals surface area contributed by atoms with Crippen LogP contribution >= 0.6 is 0 Å². The maximum Gasteiger partial charge on any atom is 0.268 e. The number of methoxy groups -OCH3 is 2. The predicted molar refractivity (Wildman–Crippen MR) is 98.7 cm³/mol. The van der Waals surface area contributed by atoms with Gasteiger partial charge in [0.25, 0.3) is 5.91 Å². The summed E-state index contributed by atoms with van der Waals surface area (Å²) < 4.78 is 10.6. The number of carbonyl (C=O) groups is 1. The summed E-state index contributed by atoms with van der Waals surface area (Å²) in [6.45, 7) is 0.315. The molecule has 3 N–H and O–H groups in total. The topological polar surface area (TPSA) is 92.0 Å². The monoisotopic (exact) mass is 350 g/mol. The Balaban J connectivity index is 1.53. The molecule has 132 valence electrons. The molecular weight excluding hydrogens is 332 g/mol. The summed E-state index contributed by atoms with van der Waals surface area (Å²) in [7, 11) is 3.16. The van der Waals surface area contributed by atoms with Gasteiger partial charge in [-0.05, 0) is 24.3 Å². The third-order valence-electron chi connectivity index (χ3n) is 4.22. The second-order valence-corrected chi connectivity index (χ2v) is 5.86. The van der Waals surface area contributed by atoms with Gasteiger partial charge in [-0.3, -0.25) is 4.79 Å². The third-order valence-corrected chi connectivity index (χ3v) is 4.22. The number of nitrogens with one attached hydrogen (secondary N) is 3. The molecule has 0 aliphatic carbocycles. The number of hydrogen-bond donors (Lipinski definition) is 3. The number of imidazole rings is 1. The largest absolute Gasteiger partial charge is 0.493 e. The number of ether oxygens (including phenoxy) is 2. The lowest BCUT2D eigenvalue weighted by Crippen LogP contribution is -2.23. The molecule has 2 aromatic heterocycles. The van der Waals surface area contributed by atoms with Crippen LogP contribution in [0.3, 0.4) is 0 Å². The number of para-hydroxylation sites is 2. The predicted octanol–water partition coefficient (Wildman–Crippen LogP) is 2.99. The first kappa shape index (κ1) is 16.0. The average Bonchev–Trinajstić information content (AvgIpc) is 3.27. The summed E-state index contributed by atoms with van der Waals surface area (Å²) in [5.41, 5.74) is 3.09. The van der Waals surface area contributed by atoms with Gasteiger partial charge in [-0.25, -0.2) is 4.98 Å². The Kier molecular flexibility index (Phi) is 3.96. The van der Waals surface area contributed by atoms with E-state index in [0.29, 0.717) is 29.6 Å². The number of amides is 1. The molecular formula is C19H18N4O3. The SMILES string of the molecule is COc1cc2cc(C(=O)NCc3nc4ccccc4[nH]3)[nH]c2cc1OC. The Bertz CT molecular complexity index is 1020. The fourth-order valence-corrected chi connectivity index (χ4v) is 2.93. The molecule has 0 fully saturated rings. The molecule has 0 saturated heterocycles. The maximum absolute atomic E-state index is 12.5. The van der Waals surface area contributed by atoms with E-state index >= 15 is 0 Å². The van der Waals surface area contributed by atoms with Gasteiger partial charge in [0.15, 0.2) is 11.5 Å². The number of carbonyl (C=O) groups excluding carboxylic acids is 1. The lowest BCUT2D eigenvalue weighted by atomic mass is 10.2. The molecule has 0 aliphatic heterocycles. The van der Waals surface area contributed by atoms with Crippen LogP contribution in [0.4, 0.5) is 0 Å². The van der Waals surface area contributed by atoms with E-state index in [1.54, 1.807) is 20.3 Å². The average molecular weight is 350 g/mol. The second kappa shape index (κ2) is 6.44. The van der Waals surface area contributed by atoms with Gasteiger partial charge in [-0.2, -0.15) is 0 Å². The van der Waals surface area contributed by atoms with Crippen molar-refractivity contribution in [3.63, 3.8) is 0 Å². The van der Waals surface area contributed by atoms with Crippen LogP contribution in [0.1, 0.15) is 16.3 Å². The number of fused-ring (bicyclic) bond motifs is 2. The summed E-state index contributed by atoms with van der Waals surface area (Å²) in [5, 5.41) is 3.74. The zero-order valence-corrected chi connectivity index (χ0v) is 14.4. The van der Waals surface area contributed by atoms with Crippen LogP contribution in [0.25, 0.3) is 21.9 Å². The molecule has 0 atom stereocenters. The van der Waals surface area contributed by atoms with Crippen LogP contribution in [-0.4, -0.2) is 35.1 Å². The van der Waals surface area contributed by atoms with Crippen molar-refractivity contribution in [2.45, 2.75) is 6.54 Å². The number of aromatic amines is 2. The van der Waals surface area contributed by atoms with Gasteiger partial charge in [-0.1, -0.05) is 12.1 Å². The number of H-pyrrole nitrogens is 2. The van der Waals surface area contributed by atoms with E-state index in [0.717, 1.165) is 21.9 Å². The summed E-state index contributed by atoms with van der Waals surface area (Å²) >= 11 is 0. The van der Waals surface area contributed by atoms with Gasteiger partial charge >= 0.3 is 0 Å². The van der Waals surface area contributed by atoms with Crippen molar-refractivity contribution >= 4 is 27.8 Å². The zero-order chi connectivity index (χ0) is 18.1. The van der Waals surface area contributed by atoms with Gasteiger partial charge in [0.05, 0.1) is 31.8 Å². The normalized spacial score (nSPS) is 11.0. The molecule has 0 unspecified atom stereocenters. The first-order valence-corrected chi connectivity index (χ1v) is 8.14. The van der Waals surface area contributed by atoms with Crippen molar-refractivity contribution < 1.29 is 14.3 Å². The number of nitrogens with zero attached hydrogens (tertiary/aromatic N) is 1. The van der Waals surface area contributed by atoms with E-state index in [1.165, 1.54) is 0 Å². The zero-order valence-electron chi connectivity index (χ0n) is 14.4. The fourth-order valence-electron chi connectivity index (χ4n) is 2.93. The van der Waals surface area contributed by atoms with E-state index in [1.807, 2.05) is 36.4 Å². The minimum Gasteiger partial charge on any atom is -0.493 e. The van der Waals surface area contributed by atoms with Crippen LogP contribution in [0, 0.1) is 0 Å². The number of benzene rings is 2. The van der Waals surface area contributed by atoms with Crippen LogP contribution < -0.4 is 14.8 Å². The molecule has 7 heteroatoms. The minimum absolute atomic E-state index is 0.209. The highest BCUT2D eigenvalue weighted by Crippen LogP contribution is 2.32. The van der Waals surface area contributed by atoms with Gasteiger partial charge < -0.3 is 24.8 Å². The Morgan fingerprint density at radius 1 is 1.04 bits per heavy atom. The summed E-state index contributed by atoms with van der Waals surface area (Å²) in [4.78, 5) is 23.2. The van der Waals surface area contributed by atoms with Crippen molar-refractivity contribution in [3.05, 3.63) is 54.0 Å². The molecule has 26 heavy (non-hydrogen) atoms. The standard InChI is InChI=1S/C19H18N4O3/c1-25-16-8-11-7-15(21-14(11)9-17(16)26-2)19(24)20-10-18-22-12-5-3-4-6-13(12)23-18/h3-9,21H,10H2,1-2H3,(H,20,24)(H,22,23). The summed E-state index contributed by atoms with van der Waals surface area (Å²) in [6.07, 6.45) is 0. The van der Waals surface area contributed by atoms with Crippen molar-refractivity contribution in [3.8, 4) is 11.5 Å². The van der Waals surface area contributed by atoms with Crippen molar-refractivity contribution in [1.29, 1.82) is 0 Å². The quantitative estimate of drug-likeness (QED) is 0.516. The van der Waals surface area contributed by atoms with Crippen molar-refractivity contribution in [2.24, 2.45) is 0 Å². The van der Waals surface area contributed by atoms with E-state index in [9.17, 15) is 4.79 Å². The number of hydrogen-bond acceptors (Lipinski definition) is 4. The Morgan fingerprint density at radius 2 is 1.81 bits per heavy atom. The smallest absolute Gasteiger partial charge is 0.268 e. The lowest BCUT2D eigenvalue weighted by molar-refractivity contribution is 0.0946. The molecule has 1 amide bonds. The number of rotatable bonds is 5. The van der Waals surface area contributed by atoms with Crippen LogP contribution in [0.2, 0.25) is 0 Å². The van der Waals surface area contributed by atoms with Gasteiger partial charge in [-0.15, -0.1) is 0 Å². The van der Waals surface area contributed by atoms with E-state index < -0.39 is 0 Å². The van der Waals surface area contributed by atoms with E-state index in [4.69, 9.17) is 9.47 Å². The van der Waals surface area contributed by atoms with Crippen LogP contribution in [-0.2, 0) is 6.54 Å². The summed E-state index contributed by atoms with van der Waals surface area (Å²) in [5.74, 6) is 1.72. The molecule has 7 nitrogen and oxygen atoms in total. The van der Waals surface area contributed by atoms with E-state index in [-0.39, 0.29) is 5.91 Å². The Morgan fingerprint density at radius 3 is 2.58 bits per heavy atom. The van der Waals surface area contributed by atoms with Crippen LogP contribution in [0.5, 0.6) is 11.5 Å². The van der Waals surface area contributed by atoms with Crippen molar-refractivity contribution in [1.82, 2.24) is 20.3 Å². The highest BCUT2D eigenvalue weighted by molar-refractivity contribution is 5.98. The second-order valence-electron chi connectivity index (χ2n) is 5.86.